The van der Waals surface area contributed by atoms with Gasteiger partial charge in [-0.1, -0.05) is 18.2 Å². The Morgan fingerprint density at radius 3 is 2.41 bits per heavy atom. The zero-order valence-electron chi connectivity index (χ0n) is 18.6. The summed E-state index contributed by atoms with van der Waals surface area (Å²) >= 11 is 0. The maximum Gasteiger partial charge on any atom is 0.240 e. The summed E-state index contributed by atoms with van der Waals surface area (Å²) in [5.41, 5.74) is 4.83. The van der Waals surface area contributed by atoms with Gasteiger partial charge in [0.15, 0.2) is 0 Å². The second kappa shape index (κ2) is 9.62. The molecule has 0 saturated carbocycles. The molecular weight excluding hydrogens is 431 g/mol. The van der Waals surface area contributed by atoms with E-state index in [1.54, 1.807) is 11.9 Å². The number of hydrogen-bond acceptors (Lipinski definition) is 4. The van der Waals surface area contributed by atoms with Crippen LogP contribution in [0.4, 0.5) is 4.39 Å². The van der Waals surface area contributed by atoms with Gasteiger partial charge in [0.1, 0.15) is 5.82 Å². The highest BCUT2D eigenvalue weighted by Gasteiger charge is 2.19. The fourth-order valence-electron chi connectivity index (χ4n) is 3.45. The lowest BCUT2D eigenvalue weighted by Gasteiger charge is -2.18. The van der Waals surface area contributed by atoms with E-state index in [1.165, 1.54) is 12.1 Å². The summed E-state index contributed by atoms with van der Waals surface area (Å²) in [4.78, 5) is 14.1. The molecule has 0 aliphatic rings. The molecule has 2 aromatic carbocycles. The van der Waals surface area contributed by atoms with Gasteiger partial charge in [0.2, 0.25) is 15.9 Å². The highest BCUT2D eigenvalue weighted by molar-refractivity contribution is 7.89. The van der Waals surface area contributed by atoms with Crippen LogP contribution in [-0.2, 0) is 21.4 Å². The minimum absolute atomic E-state index is 0.000943. The number of hydrogen-bond donors (Lipinski definition) is 1. The summed E-state index contributed by atoms with van der Waals surface area (Å²) in [6, 6.07) is 12.5. The number of aromatic nitrogens is 2. The van der Waals surface area contributed by atoms with Gasteiger partial charge in [-0.25, -0.2) is 22.2 Å². The van der Waals surface area contributed by atoms with Gasteiger partial charge in [-0.05, 0) is 56.7 Å². The number of para-hydroxylation sites is 1. The molecule has 3 rings (SSSR count). The van der Waals surface area contributed by atoms with E-state index in [-0.39, 0.29) is 23.8 Å². The van der Waals surface area contributed by atoms with Gasteiger partial charge in [0.25, 0.3) is 0 Å². The first-order valence-corrected chi connectivity index (χ1v) is 11.7. The van der Waals surface area contributed by atoms with Crippen molar-refractivity contribution in [2.75, 3.05) is 13.6 Å². The van der Waals surface area contributed by atoms with E-state index in [0.29, 0.717) is 6.54 Å². The minimum Gasteiger partial charge on any atom is -0.341 e. The third-order valence-electron chi connectivity index (χ3n) is 5.36. The van der Waals surface area contributed by atoms with Crippen molar-refractivity contribution >= 4 is 15.9 Å². The summed E-state index contributed by atoms with van der Waals surface area (Å²) < 4.78 is 41.8. The molecular formula is C23H27FN4O3S. The number of carbonyl (C=O) groups excluding carboxylic acids is 1. The Balaban J connectivity index is 1.63. The van der Waals surface area contributed by atoms with Crippen molar-refractivity contribution in [1.29, 1.82) is 0 Å². The SMILES string of the molecule is Cc1ccccc1-n1nc(C)c(CN(C)C(=O)CCNS(=O)(=O)c2ccc(F)cc2)c1C. The molecule has 170 valence electrons. The lowest BCUT2D eigenvalue weighted by molar-refractivity contribution is -0.130. The van der Waals surface area contributed by atoms with Gasteiger partial charge in [0.05, 0.1) is 16.3 Å². The fourth-order valence-corrected chi connectivity index (χ4v) is 4.48. The number of rotatable bonds is 8. The van der Waals surface area contributed by atoms with E-state index in [4.69, 9.17) is 0 Å². The molecule has 0 aliphatic carbocycles. The van der Waals surface area contributed by atoms with Crippen molar-refractivity contribution in [3.05, 3.63) is 76.9 Å². The normalized spacial score (nSPS) is 11.5. The molecule has 0 unspecified atom stereocenters. The molecule has 0 fully saturated rings. The van der Waals surface area contributed by atoms with Crippen LogP contribution in [-0.4, -0.2) is 42.6 Å². The Bertz CT molecular complexity index is 1220. The number of halogens is 1. The van der Waals surface area contributed by atoms with Crippen LogP contribution in [0.2, 0.25) is 0 Å². The van der Waals surface area contributed by atoms with E-state index >= 15 is 0 Å². The zero-order chi connectivity index (χ0) is 23.5. The molecule has 1 heterocycles. The first-order valence-electron chi connectivity index (χ1n) is 10.2. The fraction of sp³-hybridized carbons (Fsp3) is 0.304. The lowest BCUT2D eigenvalue weighted by atomic mass is 10.1. The van der Waals surface area contributed by atoms with Gasteiger partial charge in [-0.15, -0.1) is 0 Å². The van der Waals surface area contributed by atoms with Crippen molar-refractivity contribution in [3.63, 3.8) is 0 Å². The topological polar surface area (TPSA) is 84.3 Å². The number of amides is 1. The monoisotopic (exact) mass is 458 g/mol. The standard InChI is InChI=1S/C23H27FN4O3S/c1-16-7-5-6-8-22(16)28-18(3)21(17(2)26-28)15-27(4)23(29)13-14-25-32(30,31)20-11-9-19(24)10-12-20/h5-12,25H,13-15H2,1-4H3. The average Bonchev–Trinajstić information content (AvgIpc) is 3.02. The first-order chi connectivity index (χ1) is 15.1. The molecule has 1 aromatic heterocycles. The summed E-state index contributed by atoms with van der Waals surface area (Å²) in [7, 11) is -2.12. The molecule has 9 heteroatoms. The molecule has 0 radical (unpaired) electrons. The average molecular weight is 459 g/mol. The smallest absolute Gasteiger partial charge is 0.240 e. The third-order valence-corrected chi connectivity index (χ3v) is 6.84. The summed E-state index contributed by atoms with van der Waals surface area (Å²) in [6.45, 7) is 6.22. The van der Waals surface area contributed by atoms with Crippen LogP contribution in [0.3, 0.4) is 0 Å². The van der Waals surface area contributed by atoms with Crippen molar-refractivity contribution in [1.82, 2.24) is 19.4 Å². The highest BCUT2D eigenvalue weighted by Crippen LogP contribution is 2.21. The van der Waals surface area contributed by atoms with E-state index < -0.39 is 15.8 Å². The van der Waals surface area contributed by atoms with E-state index in [0.717, 1.165) is 40.3 Å². The lowest BCUT2D eigenvalue weighted by Crippen LogP contribution is -2.32. The summed E-state index contributed by atoms with van der Waals surface area (Å²) in [6.07, 6.45) is 0.000943. The maximum absolute atomic E-state index is 13.0. The first kappa shape index (κ1) is 23.6. The number of carbonyl (C=O) groups is 1. The number of sulfonamides is 1. The molecule has 32 heavy (non-hydrogen) atoms. The molecule has 3 aromatic rings. The highest BCUT2D eigenvalue weighted by atomic mass is 32.2. The molecule has 0 spiro atoms. The zero-order valence-corrected chi connectivity index (χ0v) is 19.4. The maximum atomic E-state index is 13.0. The van der Waals surface area contributed by atoms with Crippen molar-refractivity contribution < 1.29 is 17.6 Å². The second-order valence-corrected chi connectivity index (χ2v) is 9.47. The number of aryl methyl sites for hydroxylation is 2. The number of benzene rings is 2. The van der Waals surface area contributed by atoms with E-state index in [1.807, 2.05) is 49.7 Å². The Kier molecular flexibility index (Phi) is 7.10. The molecule has 0 bridgehead atoms. The van der Waals surface area contributed by atoms with E-state index in [2.05, 4.69) is 9.82 Å². The minimum atomic E-state index is -3.80. The Labute approximate surface area is 187 Å². The predicted octanol–water partition coefficient (Wildman–Crippen LogP) is 3.26. The van der Waals surface area contributed by atoms with Crippen LogP contribution in [0.15, 0.2) is 53.4 Å². The molecule has 7 nitrogen and oxygen atoms in total. The van der Waals surface area contributed by atoms with Crippen molar-refractivity contribution in [2.24, 2.45) is 0 Å². The predicted molar refractivity (Wildman–Crippen MR) is 120 cm³/mol. The Hall–Kier alpha value is -3.04. The third kappa shape index (κ3) is 5.23. The van der Waals surface area contributed by atoms with Crippen LogP contribution < -0.4 is 4.72 Å². The van der Waals surface area contributed by atoms with Crippen LogP contribution in [0.25, 0.3) is 5.69 Å². The molecule has 0 saturated heterocycles. The van der Waals surface area contributed by atoms with Crippen LogP contribution in [0.5, 0.6) is 0 Å². The Morgan fingerprint density at radius 2 is 1.75 bits per heavy atom. The quantitative estimate of drug-likeness (QED) is 0.562. The Morgan fingerprint density at radius 1 is 1.09 bits per heavy atom. The molecule has 0 aliphatic heterocycles. The second-order valence-electron chi connectivity index (χ2n) is 7.70. The van der Waals surface area contributed by atoms with Gasteiger partial charge in [0, 0.05) is 37.8 Å². The van der Waals surface area contributed by atoms with Crippen LogP contribution in [0, 0.1) is 26.6 Å². The number of nitrogens with one attached hydrogen (secondary N) is 1. The van der Waals surface area contributed by atoms with Crippen LogP contribution in [0.1, 0.15) is 28.9 Å². The van der Waals surface area contributed by atoms with Crippen molar-refractivity contribution in [2.45, 2.75) is 38.6 Å². The van der Waals surface area contributed by atoms with E-state index in [9.17, 15) is 17.6 Å². The number of nitrogens with zero attached hydrogens (tertiary/aromatic N) is 3. The molecule has 1 N–H and O–H groups in total. The summed E-state index contributed by atoms with van der Waals surface area (Å²) in [5.74, 6) is -0.716. The van der Waals surface area contributed by atoms with Crippen LogP contribution >= 0.6 is 0 Å². The van der Waals surface area contributed by atoms with Gasteiger partial charge in [-0.3, -0.25) is 4.79 Å². The van der Waals surface area contributed by atoms with Gasteiger partial charge >= 0.3 is 0 Å². The molecule has 0 atom stereocenters. The van der Waals surface area contributed by atoms with Gasteiger partial charge in [-0.2, -0.15) is 5.10 Å². The van der Waals surface area contributed by atoms with Crippen molar-refractivity contribution in [3.8, 4) is 5.69 Å². The van der Waals surface area contributed by atoms with Gasteiger partial charge < -0.3 is 4.90 Å². The largest absolute Gasteiger partial charge is 0.341 e. The summed E-state index contributed by atoms with van der Waals surface area (Å²) in [5, 5.41) is 4.65. The molecule has 1 amide bonds.